The second-order valence-electron chi connectivity index (χ2n) is 5.37. The first-order valence-electron chi connectivity index (χ1n) is 7.70. The van der Waals surface area contributed by atoms with Gasteiger partial charge in [0.1, 0.15) is 17.4 Å². The van der Waals surface area contributed by atoms with E-state index in [1.165, 1.54) is 4.68 Å². The number of nitrogen functional groups attached to an aromatic ring is 1. The van der Waals surface area contributed by atoms with Gasteiger partial charge in [-0.15, -0.1) is 10.2 Å². The first-order valence-corrected chi connectivity index (χ1v) is 8.69. The van der Waals surface area contributed by atoms with E-state index >= 15 is 0 Å². The van der Waals surface area contributed by atoms with Crippen molar-refractivity contribution >= 4 is 23.4 Å². The highest BCUT2D eigenvalue weighted by Crippen LogP contribution is 2.24. The van der Waals surface area contributed by atoms with Crippen LogP contribution in [0, 0.1) is 11.6 Å². The highest BCUT2D eigenvalue weighted by Gasteiger charge is 2.15. The average molecular weight is 391 g/mol. The summed E-state index contributed by atoms with van der Waals surface area (Å²) in [6.45, 7) is 0. The van der Waals surface area contributed by atoms with Crippen molar-refractivity contribution in [2.75, 3.05) is 24.0 Å². The Hall–Kier alpha value is -3.14. The molecule has 0 aliphatic carbocycles. The number of nitrogens with one attached hydrogen (secondary N) is 1. The van der Waals surface area contributed by atoms with E-state index in [1.807, 2.05) is 0 Å². The summed E-state index contributed by atoms with van der Waals surface area (Å²) in [5.41, 5.74) is 0.630. The number of aromatic nitrogens is 3. The summed E-state index contributed by atoms with van der Waals surface area (Å²) in [5.74, 6) is 4.98. The number of anilines is 1. The van der Waals surface area contributed by atoms with Crippen LogP contribution in [-0.4, -0.2) is 33.6 Å². The topological polar surface area (TPSA) is 95.1 Å². The van der Waals surface area contributed by atoms with Gasteiger partial charge < -0.3 is 15.9 Å². The van der Waals surface area contributed by atoms with Gasteiger partial charge in [-0.2, -0.15) is 0 Å². The van der Waals surface area contributed by atoms with E-state index in [9.17, 15) is 13.6 Å². The van der Waals surface area contributed by atoms with Crippen LogP contribution in [0.4, 0.5) is 14.5 Å². The molecule has 10 heteroatoms. The number of benzene rings is 2. The van der Waals surface area contributed by atoms with E-state index in [4.69, 9.17) is 10.6 Å². The van der Waals surface area contributed by atoms with E-state index in [1.54, 1.807) is 31.4 Å². The molecule has 0 unspecified atom stereocenters. The molecule has 1 amide bonds. The van der Waals surface area contributed by atoms with Crippen LogP contribution in [0.15, 0.2) is 47.6 Å². The number of carbonyl (C=O) groups excluding carboxylic acids is 1. The second-order valence-corrected chi connectivity index (χ2v) is 6.31. The van der Waals surface area contributed by atoms with Gasteiger partial charge in [-0.25, -0.2) is 13.5 Å². The number of ether oxygens (including phenoxy) is 1. The maximum absolute atomic E-state index is 13.6. The van der Waals surface area contributed by atoms with Crippen molar-refractivity contribution in [1.82, 2.24) is 14.9 Å². The van der Waals surface area contributed by atoms with Crippen LogP contribution < -0.4 is 15.9 Å². The predicted molar refractivity (Wildman–Crippen MR) is 97.9 cm³/mol. The molecule has 27 heavy (non-hydrogen) atoms. The van der Waals surface area contributed by atoms with E-state index in [2.05, 4.69) is 15.5 Å². The summed E-state index contributed by atoms with van der Waals surface area (Å²) in [6, 6.07) is 10.0. The lowest BCUT2D eigenvalue weighted by atomic mass is 10.2. The largest absolute Gasteiger partial charge is 0.497 e. The molecular weight excluding hydrogens is 376 g/mol. The Morgan fingerprint density at radius 2 is 1.96 bits per heavy atom. The first kappa shape index (κ1) is 18.6. The van der Waals surface area contributed by atoms with Crippen LogP contribution in [0.1, 0.15) is 0 Å². The van der Waals surface area contributed by atoms with Gasteiger partial charge in [0.25, 0.3) is 0 Å². The van der Waals surface area contributed by atoms with Gasteiger partial charge in [-0.3, -0.25) is 4.79 Å². The number of amides is 1. The van der Waals surface area contributed by atoms with Crippen molar-refractivity contribution in [1.29, 1.82) is 0 Å². The van der Waals surface area contributed by atoms with Gasteiger partial charge in [0.15, 0.2) is 5.82 Å². The Kier molecular flexibility index (Phi) is 5.55. The van der Waals surface area contributed by atoms with Crippen LogP contribution in [0.3, 0.4) is 0 Å². The van der Waals surface area contributed by atoms with Gasteiger partial charge in [0.2, 0.25) is 11.1 Å². The molecule has 3 N–H and O–H groups in total. The van der Waals surface area contributed by atoms with Gasteiger partial charge >= 0.3 is 0 Å². The Morgan fingerprint density at radius 3 is 2.63 bits per heavy atom. The summed E-state index contributed by atoms with van der Waals surface area (Å²) < 4.78 is 32.8. The SMILES string of the molecule is COc1ccc(-c2nnc(SCC(=O)Nc3ccc(F)cc3F)n2N)cc1. The number of nitrogens with two attached hydrogens (primary N) is 1. The molecule has 3 rings (SSSR count). The van der Waals surface area contributed by atoms with Gasteiger partial charge in [-0.05, 0) is 36.4 Å². The molecular formula is C17H15F2N5O2S. The summed E-state index contributed by atoms with van der Waals surface area (Å²) in [7, 11) is 1.57. The molecule has 0 spiro atoms. The number of nitrogens with zero attached hydrogens (tertiary/aromatic N) is 3. The van der Waals surface area contributed by atoms with E-state index in [0.717, 1.165) is 29.5 Å². The minimum Gasteiger partial charge on any atom is -0.497 e. The first-order chi connectivity index (χ1) is 13.0. The van der Waals surface area contributed by atoms with Crippen LogP contribution >= 0.6 is 11.8 Å². The molecule has 0 saturated heterocycles. The van der Waals surface area contributed by atoms with Crippen LogP contribution in [0.2, 0.25) is 0 Å². The third kappa shape index (κ3) is 4.34. The quantitative estimate of drug-likeness (QED) is 0.496. The Bertz CT molecular complexity index is 962. The minimum atomic E-state index is -0.850. The fourth-order valence-corrected chi connectivity index (χ4v) is 2.88. The Labute approximate surface area is 157 Å². The Morgan fingerprint density at radius 1 is 1.22 bits per heavy atom. The minimum absolute atomic E-state index is 0.0746. The van der Waals surface area contributed by atoms with Crippen molar-refractivity contribution in [3.8, 4) is 17.1 Å². The number of halogens is 2. The predicted octanol–water partition coefficient (Wildman–Crippen LogP) is 2.68. The van der Waals surface area contributed by atoms with Gasteiger partial charge in [0, 0.05) is 11.6 Å². The zero-order chi connectivity index (χ0) is 19.4. The van der Waals surface area contributed by atoms with Crippen molar-refractivity contribution in [2.24, 2.45) is 0 Å². The average Bonchev–Trinajstić information content (AvgIpc) is 3.03. The summed E-state index contributed by atoms with van der Waals surface area (Å²) in [6.07, 6.45) is 0. The second kappa shape index (κ2) is 8.04. The van der Waals surface area contributed by atoms with Gasteiger partial charge in [-0.1, -0.05) is 11.8 Å². The van der Waals surface area contributed by atoms with Crippen molar-refractivity contribution in [3.05, 3.63) is 54.1 Å². The molecule has 0 aliphatic rings. The van der Waals surface area contributed by atoms with Crippen molar-refractivity contribution < 1.29 is 18.3 Å². The molecule has 0 atom stereocenters. The summed E-state index contributed by atoms with van der Waals surface area (Å²) in [4.78, 5) is 12.0. The zero-order valence-electron chi connectivity index (χ0n) is 14.1. The third-order valence-electron chi connectivity index (χ3n) is 3.55. The molecule has 1 heterocycles. The van der Waals surface area contributed by atoms with Gasteiger partial charge in [0.05, 0.1) is 18.6 Å². The lowest BCUT2D eigenvalue weighted by Gasteiger charge is -2.07. The maximum Gasteiger partial charge on any atom is 0.234 e. The standard InChI is InChI=1S/C17H15F2N5O2S/c1-26-12-5-2-10(3-6-12)16-22-23-17(24(16)20)27-9-15(25)21-14-7-4-11(18)8-13(14)19/h2-8H,9,20H2,1H3,(H,21,25). The number of methoxy groups -OCH3 is 1. The summed E-state index contributed by atoms with van der Waals surface area (Å²) >= 11 is 1.04. The highest BCUT2D eigenvalue weighted by molar-refractivity contribution is 7.99. The zero-order valence-corrected chi connectivity index (χ0v) is 15.0. The fourth-order valence-electron chi connectivity index (χ4n) is 2.22. The molecule has 0 radical (unpaired) electrons. The smallest absolute Gasteiger partial charge is 0.234 e. The lowest BCUT2D eigenvalue weighted by molar-refractivity contribution is -0.113. The number of thioether (sulfide) groups is 1. The number of hydrogen-bond donors (Lipinski definition) is 2. The fraction of sp³-hybridized carbons (Fsp3) is 0.118. The molecule has 3 aromatic rings. The van der Waals surface area contributed by atoms with Crippen LogP contribution in [-0.2, 0) is 4.79 Å². The normalized spacial score (nSPS) is 10.6. The van der Waals surface area contributed by atoms with E-state index in [0.29, 0.717) is 22.8 Å². The molecule has 140 valence electrons. The number of rotatable bonds is 6. The Balaban J connectivity index is 1.64. The molecule has 2 aromatic carbocycles. The van der Waals surface area contributed by atoms with E-state index in [-0.39, 0.29) is 11.4 Å². The lowest BCUT2D eigenvalue weighted by Crippen LogP contribution is -2.17. The molecule has 0 bridgehead atoms. The van der Waals surface area contributed by atoms with Crippen molar-refractivity contribution in [3.63, 3.8) is 0 Å². The third-order valence-corrected chi connectivity index (χ3v) is 4.49. The molecule has 0 fully saturated rings. The summed E-state index contributed by atoms with van der Waals surface area (Å²) in [5, 5.41) is 10.7. The molecule has 1 aromatic heterocycles. The monoisotopic (exact) mass is 391 g/mol. The van der Waals surface area contributed by atoms with Crippen LogP contribution in [0.5, 0.6) is 5.75 Å². The molecule has 0 saturated carbocycles. The molecule has 0 aliphatic heterocycles. The number of carbonyl (C=O) groups is 1. The highest BCUT2D eigenvalue weighted by atomic mass is 32.2. The van der Waals surface area contributed by atoms with Crippen molar-refractivity contribution in [2.45, 2.75) is 5.16 Å². The maximum atomic E-state index is 13.6. The van der Waals surface area contributed by atoms with Crippen LogP contribution in [0.25, 0.3) is 11.4 Å². The van der Waals surface area contributed by atoms with E-state index < -0.39 is 17.5 Å². The number of hydrogen-bond acceptors (Lipinski definition) is 6. The molecule has 7 nitrogen and oxygen atoms in total.